The summed E-state index contributed by atoms with van der Waals surface area (Å²) in [5.74, 6) is -0.352. The zero-order valence-electron chi connectivity index (χ0n) is 15.0. The Morgan fingerprint density at radius 3 is 2.19 bits per heavy atom. The summed E-state index contributed by atoms with van der Waals surface area (Å²) in [6.07, 6.45) is 0. The number of hydrogen-bond donors (Lipinski definition) is 3. The largest absolute Gasteiger partial charge is 0.332 e. The Balaban J connectivity index is 2.05. The molecule has 0 aliphatic heterocycles. The van der Waals surface area contributed by atoms with Crippen molar-refractivity contribution in [2.75, 3.05) is 5.32 Å². The Bertz CT molecular complexity index is 982. The molecule has 0 spiro atoms. The van der Waals surface area contributed by atoms with Crippen LogP contribution in [0.2, 0.25) is 0 Å². The van der Waals surface area contributed by atoms with Gasteiger partial charge in [-0.3, -0.25) is 10.1 Å². The molecular weight excluding hydrogens is 450 g/mol. The Hall–Kier alpha value is -1.81. The van der Waals surface area contributed by atoms with Crippen LogP contribution in [-0.2, 0) is 15.4 Å². The Morgan fingerprint density at radius 1 is 1.11 bits per heavy atom. The van der Waals surface area contributed by atoms with Gasteiger partial charge in [0.15, 0.2) is 5.11 Å². The molecule has 0 bridgehead atoms. The molecule has 0 saturated heterocycles. The van der Waals surface area contributed by atoms with Crippen molar-refractivity contribution in [2.45, 2.75) is 31.1 Å². The number of primary sulfonamides is 1. The summed E-state index contributed by atoms with van der Waals surface area (Å²) in [6.45, 7) is 6.27. The minimum absolute atomic E-state index is 0.00760. The molecule has 0 aromatic heterocycles. The second kappa shape index (κ2) is 8.05. The average molecular weight is 470 g/mol. The molecule has 6 nitrogen and oxygen atoms in total. The SMILES string of the molecule is CC(C)(C)c1ccc(C(=O)NC(=S)Nc2ccc(S(N)(=O)=O)cc2)cc1Br. The van der Waals surface area contributed by atoms with Crippen LogP contribution in [0.5, 0.6) is 0 Å². The summed E-state index contributed by atoms with van der Waals surface area (Å²) < 4.78 is 23.4. The predicted octanol–water partition coefficient (Wildman–Crippen LogP) is 3.52. The van der Waals surface area contributed by atoms with Gasteiger partial charge in [-0.1, -0.05) is 42.8 Å². The Morgan fingerprint density at radius 2 is 1.70 bits per heavy atom. The van der Waals surface area contributed by atoms with Crippen molar-refractivity contribution in [3.05, 3.63) is 58.1 Å². The molecule has 0 fully saturated rings. The van der Waals surface area contributed by atoms with E-state index in [9.17, 15) is 13.2 Å². The highest BCUT2D eigenvalue weighted by Crippen LogP contribution is 2.30. The van der Waals surface area contributed by atoms with Crippen LogP contribution in [-0.4, -0.2) is 19.4 Å². The predicted molar refractivity (Wildman–Crippen MR) is 114 cm³/mol. The van der Waals surface area contributed by atoms with Crippen LogP contribution >= 0.6 is 28.1 Å². The monoisotopic (exact) mass is 469 g/mol. The number of amides is 1. The summed E-state index contributed by atoms with van der Waals surface area (Å²) >= 11 is 8.64. The van der Waals surface area contributed by atoms with Crippen molar-refractivity contribution >= 4 is 54.9 Å². The van der Waals surface area contributed by atoms with E-state index in [4.69, 9.17) is 17.4 Å². The molecule has 0 radical (unpaired) electrons. The molecule has 0 unspecified atom stereocenters. The van der Waals surface area contributed by atoms with Crippen molar-refractivity contribution in [1.82, 2.24) is 5.32 Å². The molecule has 0 aliphatic carbocycles. The number of carbonyl (C=O) groups excluding carboxylic acids is 1. The number of anilines is 1. The van der Waals surface area contributed by atoms with Gasteiger partial charge in [-0.15, -0.1) is 0 Å². The Labute approximate surface area is 172 Å². The quantitative estimate of drug-likeness (QED) is 0.596. The second-order valence-electron chi connectivity index (χ2n) is 6.92. The standard InChI is InChI=1S/C18H20BrN3O3S2/c1-18(2,3)14-9-4-11(10-15(14)19)16(23)22-17(26)21-12-5-7-13(8-6-12)27(20,24)25/h4-10H,1-3H3,(H2,20,24,25)(H2,21,22,23,26). The van der Waals surface area contributed by atoms with Crippen molar-refractivity contribution in [1.29, 1.82) is 0 Å². The third kappa shape index (κ3) is 5.83. The van der Waals surface area contributed by atoms with E-state index < -0.39 is 10.0 Å². The van der Waals surface area contributed by atoms with Crippen LogP contribution < -0.4 is 15.8 Å². The van der Waals surface area contributed by atoms with Crippen LogP contribution in [0, 0.1) is 0 Å². The molecule has 0 aliphatic rings. The first-order chi connectivity index (χ1) is 12.4. The summed E-state index contributed by atoms with van der Waals surface area (Å²) in [7, 11) is -3.76. The van der Waals surface area contributed by atoms with Gasteiger partial charge < -0.3 is 5.32 Å². The van der Waals surface area contributed by atoms with E-state index >= 15 is 0 Å². The molecule has 4 N–H and O–H groups in total. The topological polar surface area (TPSA) is 101 Å². The molecule has 0 atom stereocenters. The van der Waals surface area contributed by atoms with Crippen LogP contribution in [0.15, 0.2) is 51.8 Å². The number of halogens is 1. The van der Waals surface area contributed by atoms with Gasteiger partial charge >= 0.3 is 0 Å². The van der Waals surface area contributed by atoms with E-state index in [1.54, 1.807) is 12.1 Å². The second-order valence-corrected chi connectivity index (χ2v) is 9.75. The summed E-state index contributed by atoms with van der Waals surface area (Å²) in [5, 5.41) is 10.6. The number of thiocarbonyl (C=S) groups is 1. The molecule has 9 heteroatoms. The first-order valence-corrected chi connectivity index (χ1v) is 10.7. The molecule has 1 amide bonds. The van der Waals surface area contributed by atoms with Gasteiger partial charge in [0.1, 0.15) is 0 Å². The number of nitrogens with two attached hydrogens (primary N) is 1. The van der Waals surface area contributed by atoms with E-state index in [1.165, 1.54) is 24.3 Å². The van der Waals surface area contributed by atoms with Gasteiger partial charge in [-0.2, -0.15) is 0 Å². The highest BCUT2D eigenvalue weighted by molar-refractivity contribution is 9.10. The third-order valence-corrected chi connectivity index (χ3v) is 5.50. The molecule has 2 aromatic rings. The number of hydrogen-bond acceptors (Lipinski definition) is 4. The fraction of sp³-hybridized carbons (Fsp3) is 0.222. The molecule has 0 saturated carbocycles. The number of benzene rings is 2. The first-order valence-electron chi connectivity index (χ1n) is 7.93. The maximum absolute atomic E-state index is 12.4. The molecule has 0 heterocycles. The van der Waals surface area contributed by atoms with Gasteiger partial charge in [0.2, 0.25) is 10.0 Å². The minimum atomic E-state index is -3.76. The number of sulfonamides is 1. The van der Waals surface area contributed by atoms with Gasteiger partial charge in [0.25, 0.3) is 5.91 Å². The number of carbonyl (C=O) groups is 1. The van der Waals surface area contributed by atoms with Crippen LogP contribution in [0.1, 0.15) is 36.7 Å². The molecule has 27 heavy (non-hydrogen) atoms. The summed E-state index contributed by atoms with van der Waals surface area (Å²) in [5.41, 5.74) is 2.03. The molecule has 2 rings (SSSR count). The van der Waals surface area contributed by atoms with Crippen molar-refractivity contribution in [3.8, 4) is 0 Å². The fourth-order valence-corrected chi connectivity index (χ4v) is 4.03. The molecule has 2 aromatic carbocycles. The smallest absolute Gasteiger partial charge is 0.257 e. The van der Waals surface area contributed by atoms with Crippen LogP contribution in [0.4, 0.5) is 5.69 Å². The lowest BCUT2D eigenvalue weighted by atomic mass is 9.86. The number of rotatable bonds is 3. The van der Waals surface area contributed by atoms with E-state index in [0.717, 1.165) is 10.0 Å². The van der Waals surface area contributed by atoms with E-state index in [1.807, 2.05) is 6.07 Å². The fourth-order valence-electron chi connectivity index (χ4n) is 2.33. The third-order valence-electron chi connectivity index (χ3n) is 3.71. The number of nitrogens with one attached hydrogen (secondary N) is 2. The minimum Gasteiger partial charge on any atom is -0.332 e. The molecular formula is C18H20BrN3O3S2. The lowest BCUT2D eigenvalue weighted by molar-refractivity contribution is 0.0977. The summed E-state index contributed by atoms with van der Waals surface area (Å²) in [4.78, 5) is 12.4. The maximum Gasteiger partial charge on any atom is 0.257 e. The lowest BCUT2D eigenvalue weighted by Gasteiger charge is -2.21. The maximum atomic E-state index is 12.4. The lowest BCUT2D eigenvalue weighted by Crippen LogP contribution is -2.34. The highest BCUT2D eigenvalue weighted by Gasteiger charge is 2.18. The normalized spacial score (nSPS) is 11.7. The van der Waals surface area contributed by atoms with Crippen LogP contribution in [0.3, 0.4) is 0 Å². The zero-order valence-corrected chi connectivity index (χ0v) is 18.3. The first kappa shape index (κ1) is 21.5. The van der Waals surface area contributed by atoms with E-state index in [0.29, 0.717) is 11.3 Å². The Kier molecular flexibility index (Phi) is 6.41. The summed E-state index contributed by atoms with van der Waals surface area (Å²) in [6, 6.07) is 11.1. The van der Waals surface area contributed by atoms with Gasteiger partial charge in [0.05, 0.1) is 4.90 Å². The van der Waals surface area contributed by atoms with E-state index in [-0.39, 0.29) is 21.3 Å². The van der Waals surface area contributed by atoms with Crippen LogP contribution in [0.25, 0.3) is 0 Å². The average Bonchev–Trinajstić information content (AvgIpc) is 2.53. The highest BCUT2D eigenvalue weighted by atomic mass is 79.9. The van der Waals surface area contributed by atoms with Gasteiger partial charge in [-0.05, 0) is 59.6 Å². The van der Waals surface area contributed by atoms with E-state index in [2.05, 4.69) is 47.3 Å². The van der Waals surface area contributed by atoms with Crippen molar-refractivity contribution in [2.24, 2.45) is 5.14 Å². The van der Waals surface area contributed by atoms with Crippen molar-refractivity contribution in [3.63, 3.8) is 0 Å². The van der Waals surface area contributed by atoms with Crippen molar-refractivity contribution < 1.29 is 13.2 Å². The zero-order chi connectivity index (χ0) is 20.4. The van der Waals surface area contributed by atoms with Gasteiger partial charge in [0, 0.05) is 15.7 Å². The molecule has 144 valence electrons. The van der Waals surface area contributed by atoms with Gasteiger partial charge in [-0.25, -0.2) is 13.6 Å².